The highest BCUT2D eigenvalue weighted by Crippen LogP contribution is 2.15. The molecule has 0 saturated heterocycles. The number of aliphatic hydroxyl groups excluding tert-OH is 1. The van der Waals surface area contributed by atoms with Crippen LogP contribution in [0.2, 0.25) is 0 Å². The Morgan fingerprint density at radius 3 is 1.42 bits per heavy atom. The van der Waals surface area contributed by atoms with E-state index in [0.29, 0.717) is 17.6 Å². The lowest BCUT2D eigenvalue weighted by molar-refractivity contribution is -0.893. The van der Waals surface area contributed by atoms with Crippen molar-refractivity contribution in [3.05, 3.63) is 0 Å². The molecule has 0 aromatic carbocycles. The summed E-state index contributed by atoms with van der Waals surface area (Å²) in [6.45, 7) is 3.41. The molecule has 0 aromatic rings. The molecule has 0 bridgehead atoms. The summed E-state index contributed by atoms with van der Waals surface area (Å²) in [7, 11) is 3.95. The van der Waals surface area contributed by atoms with Gasteiger partial charge in [0.15, 0.2) is 0 Å². The van der Waals surface area contributed by atoms with E-state index in [4.69, 9.17) is 0 Å². The van der Waals surface area contributed by atoms with Crippen molar-refractivity contribution < 1.29 is 19.5 Å². The number of carboxylic acid groups (broad SMARTS) is 1. The van der Waals surface area contributed by atoms with Gasteiger partial charge in [0, 0.05) is 12.4 Å². The Balaban J connectivity index is 3.30. The van der Waals surface area contributed by atoms with Gasteiger partial charge >= 0.3 is 0 Å². The van der Waals surface area contributed by atoms with Gasteiger partial charge in [0.05, 0.1) is 20.6 Å². The third kappa shape index (κ3) is 23.9. The van der Waals surface area contributed by atoms with Crippen molar-refractivity contribution in [1.29, 1.82) is 0 Å². The minimum Gasteiger partial charge on any atom is -0.550 e. The number of likely N-dealkylation sites (N-methyl/N-ethyl adjacent to an activating group) is 1. The monoisotopic (exact) mass is 441 g/mol. The van der Waals surface area contributed by atoms with E-state index in [1.165, 1.54) is 109 Å². The van der Waals surface area contributed by atoms with Crippen molar-refractivity contribution in [3.63, 3.8) is 0 Å². The van der Waals surface area contributed by atoms with Crippen molar-refractivity contribution >= 4 is 5.97 Å². The summed E-state index contributed by atoms with van der Waals surface area (Å²) >= 11 is 0. The molecule has 0 saturated carbocycles. The fourth-order valence-corrected chi connectivity index (χ4v) is 4.43. The molecule has 0 rings (SSSR count). The lowest BCUT2D eigenvalue weighted by atomic mass is 10.0. The number of nitrogens with zero attached hydrogens (tertiary/aromatic N) is 1. The number of aliphatic carboxylic acids is 1. The molecular weight excluding hydrogens is 386 g/mol. The van der Waals surface area contributed by atoms with Crippen molar-refractivity contribution in [1.82, 2.24) is 0 Å². The summed E-state index contributed by atoms with van der Waals surface area (Å²) in [5.74, 6) is -1.01. The van der Waals surface area contributed by atoms with Crippen LogP contribution < -0.4 is 5.11 Å². The Kier molecular flexibility index (Phi) is 20.8. The van der Waals surface area contributed by atoms with Gasteiger partial charge in [-0.15, -0.1) is 0 Å². The van der Waals surface area contributed by atoms with E-state index in [1.807, 2.05) is 14.1 Å². The van der Waals surface area contributed by atoms with Gasteiger partial charge in [-0.05, 0) is 6.42 Å². The molecule has 1 unspecified atom stereocenters. The molecule has 1 atom stereocenters. The number of hydrogen-bond acceptors (Lipinski definition) is 3. The number of unbranched alkanes of at least 4 members (excludes halogenated alkanes) is 17. The van der Waals surface area contributed by atoms with Gasteiger partial charge in [0.25, 0.3) is 0 Å². The first kappa shape index (κ1) is 30.4. The first-order chi connectivity index (χ1) is 14.9. The summed E-state index contributed by atoms with van der Waals surface area (Å²) in [5, 5.41) is 20.8. The Bertz CT molecular complexity index is 398. The van der Waals surface area contributed by atoms with Gasteiger partial charge in [0.2, 0.25) is 0 Å². The number of rotatable bonds is 24. The lowest BCUT2D eigenvalue weighted by Gasteiger charge is -2.32. The van der Waals surface area contributed by atoms with Crippen LogP contribution in [0.15, 0.2) is 0 Å². The summed E-state index contributed by atoms with van der Waals surface area (Å²) in [5.41, 5.74) is 0. The van der Waals surface area contributed by atoms with Crippen LogP contribution in [0.1, 0.15) is 135 Å². The Hall–Kier alpha value is -0.610. The van der Waals surface area contributed by atoms with E-state index in [1.54, 1.807) is 0 Å². The molecule has 0 amide bonds. The molecule has 0 aliphatic heterocycles. The summed E-state index contributed by atoms with van der Waals surface area (Å²) < 4.78 is 0.536. The van der Waals surface area contributed by atoms with Crippen LogP contribution >= 0.6 is 0 Å². The molecule has 186 valence electrons. The molecular formula is C27H55NO3. The highest BCUT2D eigenvalue weighted by molar-refractivity contribution is 5.64. The number of carbonyl (C=O) groups is 1. The molecule has 0 fully saturated rings. The average Bonchev–Trinajstić information content (AvgIpc) is 2.71. The van der Waals surface area contributed by atoms with Crippen molar-refractivity contribution in [2.45, 2.75) is 141 Å². The van der Waals surface area contributed by atoms with Crippen molar-refractivity contribution in [2.75, 3.05) is 27.2 Å². The molecule has 31 heavy (non-hydrogen) atoms. The predicted octanol–water partition coefficient (Wildman–Crippen LogP) is 6.00. The van der Waals surface area contributed by atoms with E-state index < -0.39 is 5.97 Å². The maximum absolute atomic E-state index is 10.6. The molecule has 0 radical (unpaired) electrons. The van der Waals surface area contributed by atoms with Crippen LogP contribution in [-0.4, -0.2) is 48.8 Å². The van der Waals surface area contributed by atoms with E-state index in [2.05, 4.69) is 6.92 Å². The Labute approximate surface area is 194 Å². The van der Waals surface area contributed by atoms with Crippen LogP contribution in [0.25, 0.3) is 0 Å². The van der Waals surface area contributed by atoms with Gasteiger partial charge in [0.1, 0.15) is 12.6 Å². The molecule has 4 heteroatoms. The maximum atomic E-state index is 10.6. The third-order valence-corrected chi connectivity index (χ3v) is 6.52. The SMILES string of the molecule is CCCCCCCCCCCCCCCCCCCCC(O)C[N+](C)(C)CCC(=O)[O-]. The molecule has 1 N–H and O–H groups in total. The molecule has 4 nitrogen and oxygen atoms in total. The number of quaternary nitrogens is 1. The molecule has 0 aliphatic rings. The van der Waals surface area contributed by atoms with E-state index in [0.717, 1.165) is 12.8 Å². The van der Waals surface area contributed by atoms with Crippen molar-refractivity contribution in [3.8, 4) is 0 Å². The standard InChI is InChI=1S/C27H55NO3/c1-4-5-6-7-8-9-10-11-12-13-14-15-16-17-18-19-20-21-22-26(29)25-28(2,3)24-23-27(30)31/h26,29H,4-25H2,1-3H3. The Morgan fingerprint density at radius 1 is 0.710 bits per heavy atom. The number of hydrogen-bond donors (Lipinski definition) is 1. The van der Waals surface area contributed by atoms with Gasteiger partial charge in [-0.3, -0.25) is 0 Å². The zero-order chi connectivity index (χ0) is 23.2. The average molecular weight is 442 g/mol. The minimum atomic E-state index is -1.01. The topological polar surface area (TPSA) is 60.4 Å². The molecule has 0 aliphatic carbocycles. The largest absolute Gasteiger partial charge is 0.550 e. The van der Waals surface area contributed by atoms with Crippen LogP contribution in [-0.2, 0) is 4.79 Å². The molecule has 0 aromatic heterocycles. The van der Waals surface area contributed by atoms with Crippen LogP contribution in [0, 0.1) is 0 Å². The second kappa shape index (κ2) is 21.2. The highest BCUT2D eigenvalue weighted by atomic mass is 16.4. The van der Waals surface area contributed by atoms with E-state index in [-0.39, 0.29) is 12.5 Å². The Morgan fingerprint density at radius 2 is 1.06 bits per heavy atom. The first-order valence-corrected chi connectivity index (χ1v) is 13.6. The number of carbonyl (C=O) groups excluding carboxylic acids is 1. The fourth-order valence-electron chi connectivity index (χ4n) is 4.43. The summed E-state index contributed by atoms with van der Waals surface area (Å²) in [4.78, 5) is 10.6. The molecule has 0 spiro atoms. The smallest absolute Gasteiger partial charge is 0.105 e. The molecule has 0 heterocycles. The second-order valence-electron chi connectivity index (χ2n) is 10.4. The van der Waals surface area contributed by atoms with E-state index in [9.17, 15) is 15.0 Å². The zero-order valence-electron chi connectivity index (χ0n) is 21.3. The minimum absolute atomic E-state index is 0.0545. The van der Waals surface area contributed by atoms with E-state index >= 15 is 0 Å². The van der Waals surface area contributed by atoms with Gasteiger partial charge in [-0.1, -0.05) is 122 Å². The van der Waals surface area contributed by atoms with Gasteiger partial charge in [-0.25, -0.2) is 0 Å². The predicted molar refractivity (Wildman–Crippen MR) is 131 cm³/mol. The third-order valence-electron chi connectivity index (χ3n) is 6.52. The summed E-state index contributed by atoms with van der Waals surface area (Å²) in [6.07, 6.45) is 25.2. The fraction of sp³-hybridized carbons (Fsp3) is 0.963. The summed E-state index contributed by atoms with van der Waals surface area (Å²) in [6, 6.07) is 0. The van der Waals surface area contributed by atoms with Crippen molar-refractivity contribution in [2.24, 2.45) is 0 Å². The highest BCUT2D eigenvalue weighted by Gasteiger charge is 2.19. The first-order valence-electron chi connectivity index (χ1n) is 13.6. The van der Waals surface area contributed by atoms with Gasteiger partial charge < -0.3 is 19.5 Å². The number of aliphatic hydroxyl groups is 1. The normalized spacial score (nSPS) is 12.9. The van der Waals surface area contributed by atoms with Crippen LogP contribution in [0.5, 0.6) is 0 Å². The quantitative estimate of drug-likeness (QED) is 0.148. The number of carboxylic acids is 1. The van der Waals surface area contributed by atoms with Crippen LogP contribution in [0.4, 0.5) is 0 Å². The maximum Gasteiger partial charge on any atom is 0.105 e. The lowest BCUT2D eigenvalue weighted by Crippen LogP contribution is -2.47. The second-order valence-corrected chi connectivity index (χ2v) is 10.4. The van der Waals surface area contributed by atoms with Crippen LogP contribution in [0.3, 0.4) is 0 Å². The zero-order valence-corrected chi connectivity index (χ0v) is 21.3. The van der Waals surface area contributed by atoms with Gasteiger partial charge in [-0.2, -0.15) is 0 Å².